The summed E-state index contributed by atoms with van der Waals surface area (Å²) in [5, 5.41) is 6.30. The maximum Gasteiger partial charge on any atom is 0.330 e. The van der Waals surface area contributed by atoms with Crippen LogP contribution in [0.2, 0.25) is 0 Å². The summed E-state index contributed by atoms with van der Waals surface area (Å²) in [5.41, 5.74) is 2.07. The first-order chi connectivity index (χ1) is 14.1. The molecule has 7 nitrogen and oxygen atoms in total. The minimum absolute atomic E-state index is 0.0896. The summed E-state index contributed by atoms with van der Waals surface area (Å²) in [7, 11) is 0. The number of esters is 1. The van der Waals surface area contributed by atoms with Gasteiger partial charge in [0, 0.05) is 29.9 Å². The van der Waals surface area contributed by atoms with Crippen molar-refractivity contribution in [2.75, 3.05) is 31.6 Å². The number of aliphatic imine (C=N–C) groups is 1. The minimum Gasteiger partial charge on any atom is -0.485 e. The highest BCUT2D eigenvalue weighted by Crippen LogP contribution is 2.18. The van der Waals surface area contributed by atoms with Gasteiger partial charge >= 0.3 is 5.97 Å². The van der Waals surface area contributed by atoms with Crippen molar-refractivity contribution in [1.82, 2.24) is 5.32 Å². The molecule has 0 atom stereocenters. The van der Waals surface area contributed by atoms with Gasteiger partial charge < -0.3 is 20.1 Å². The normalized spacial score (nSPS) is 12.9. The minimum atomic E-state index is -0.417. The quantitative estimate of drug-likeness (QED) is 0.407. The standard InChI is InChI=1S/C22H23N3O4/c1-2-28-21(27)10-9-16-5-3-6-17(13-16)20(26)15-29-19-8-4-7-18(14-19)25-22-23-11-12-24-22/h3-10,13-14H,2,11-12,15H2,1H3,(H2,23,24,25)/b10-9+. The lowest BCUT2D eigenvalue weighted by atomic mass is 10.1. The van der Waals surface area contributed by atoms with Gasteiger partial charge in [-0.2, -0.15) is 0 Å². The predicted molar refractivity (Wildman–Crippen MR) is 112 cm³/mol. The number of carbonyl (C=O) groups excluding carboxylic acids is 2. The number of hydrogen-bond donors (Lipinski definition) is 2. The van der Waals surface area contributed by atoms with Gasteiger partial charge in [0.05, 0.1) is 13.2 Å². The number of carbonyl (C=O) groups is 2. The van der Waals surface area contributed by atoms with E-state index in [1.165, 1.54) is 6.08 Å². The number of benzene rings is 2. The number of Topliss-reactive ketones (excluding diaryl/α,β-unsaturated/α-hetero) is 1. The molecule has 0 amide bonds. The Kier molecular flexibility index (Phi) is 7.00. The van der Waals surface area contributed by atoms with E-state index >= 15 is 0 Å². The zero-order chi connectivity index (χ0) is 20.5. The Labute approximate surface area is 169 Å². The number of rotatable bonds is 8. The van der Waals surface area contributed by atoms with E-state index in [0.29, 0.717) is 17.9 Å². The lowest BCUT2D eigenvalue weighted by Gasteiger charge is -2.10. The summed E-state index contributed by atoms with van der Waals surface area (Å²) in [4.78, 5) is 28.2. The van der Waals surface area contributed by atoms with Crippen LogP contribution in [0.25, 0.3) is 6.08 Å². The Hall–Kier alpha value is -3.61. The van der Waals surface area contributed by atoms with Crippen molar-refractivity contribution in [3.05, 3.63) is 65.7 Å². The van der Waals surface area contributed by atoms with Crippen molar-refractivity contribution in [2.24, 2.45) is 4.99 Å². The number of nitrogens with one attached hydrogen (secondary N) is 2. The summed E-state index contributed by atoms with van der Waals surface area (Å²) in [6, 6.07) is 14.4. The maximum atomic E-state index is 12.5. The van der Waals surface area contributed by atoms with Crippen LogP contribution in [0.5, 0.6) is 5.75 Å². The number of anilines is 1. The van der Waals surface area contributed by atoms with Gasteiger partial charge in [-0.15, -0.1) is 0 Å². The Morgan fingerprint density at radius 1 is 1.21 bits per heavy atom. The third kappa shape index (κ3) is 6.21. The predicted octanol–water partition coefficient (Wildman–Crippen LogP) is 2.90. The van der Waals surface area contributed by atoms with Crippen LogP contribution >= 0.6 is 0 Å². The molecule has 0 aliphatic carbocycles. The second kappa shape index (κ2) is 10.1. The monoisotopic (exact) mass is 393 g/mol. The molecule has 1 aliphatic heterocycles. The van der Waals surface area contributed by atoms with Crippen LogP contribution in [0.4, 0.5) is 5.69 Å². The molecule has 3 rings (SSSR count). The van der Waals surface area contributed by atoms with Crippen molar-refractivity contribution in [3.8, 4) is 5.75 Å². The lowest BCUT2D eigenvalue weighted by Crippen LogP contribution is -2.26. The van der Waals surface area contributed by atoms with Gasteiger partial charge in [0.1, 0.15) is 5.75 Å². The van der Waals surface area contributed by atoms with E-state index in [2.05, 4.69) is 15.6 Å². The molecule has 0 unspecified atom stereocenters. The molecule has 29 heavy (non-hydrogen) atoms. The molecule has 2 aromatic carbocycles. The molecule has 0 saturated carbocycles. The molecule has 1 heterocycles. The van der Waals surface area contributed by atoms with Crippen LogP contribution in [0.15, 0.2) is 59.6 Å². The summed E-state index contributed by atoms with van der Waals surface area (Å²) in [6.45, 7) is 3.55. The lowest BCUT2D eigenvalue weighted by molar-refractivity contribution is -0.137. The third-order valence-electron chi connectivity index (χ3n) is 4.05. The highest BCUT2D eigenvalue weighted by molar-refractivity contribution is 5.98. The van der Waals surface area contributed by atoms with Crippen LogP contribution < -0.4 is 15.4 Å². The van der Waals surface area contributed by atoms with E-state index in [9.17, 15) is 9.59 Å². The van der Waals surface area contributed by atoms with E-state index in [4.69, 9.17) is 9.47 Å². The van der Waals surface area contributed by atoms with Crippen LogP contribution in [-0.2, 0) is 9.53 Å². The van der Waals surface area contributed by atoms with Crippen molar-refractivity contribution in [1.29, 1.82) is 0 Å². The van der Waals surface area contributed by atoms with E-state index in [1.807, 2.05) is 24.3 Å². The van der Waals surface area contributed by atoms with Gasteiger partial charge in [-0.05, 0) is 36.8 Å². The van der Waals surface area contributed by atoms with Gasteiger partial charge in [0.25, 0.3) is 0 Å². The van der Waals surface area contributed by atoms with Crippen molar-refractivity contribution >= 4 is 29.5 Å². The van der Waals surface area contributed by atoms with Gasteiger partial charge in [0.2, 0.25) is 0 Å². The second-order valence-corrected chi connectivity index (χ2v) is 6.23. The molecule has 0 fully saturated rings. The fraction of sp³-hybridized carbons (Fsp3) is 0.227. The van der Waals surface area contributed by atoms with E-state index in [0.717, 1.165) is 30.3 Å². The molecular weight excluding hydrogens is 370 g/mol. The first kappa shape index (κ1) is 20.1. The van der Waals surface area contributed by atoms with Crippen molar-refractivity contribution in [2.45, 2.75) is 6.92 Å². The third-order valence-corrected chi connectivity index (χ3v) is 4.05. The first-order valence-electron chi connectivity index (χ1n) is 9.40. The van der Waals surface area contributed by atoms with Gasteiger partial charge in [-0.1, -0.05) is 24.3 Å². The van der Waals surface area contributed by atoms with Gasteiger partial charge in [-0.3, -0.25) is 9.79 Å². The number of hydrogen-bond acceptors (Lipinski definition) is 7. The van der Waals surface area contributed by atoms with Crippen molar-refractivity contribution < 1.29 is 19.1 Å². The molecule has 0 aromatic heterocycles. The molecule has 0 saturated heterocycles. The van der Waals surface area contributed by atoms with E-state index < -0.39 is 5.97 Å². The molecule has 150 valence electrons. The summed E-state index contributed by atoms with van der Waals surface area (Å²) >= 11 is 0. The fourth-order valence-electron chi connectivity index (χ4n) is 2.68. The first-order valence-corrected chi connectivity index (χ1v) is 9.40. The fourth-order valence-corrected chi connectivity index (χ4v) is 2.68. The summed E-state index contributed by atoms with van der Waals surface area (Å²) < 4.78 is 10.5. The maximum absolute atomic E-state index is 12.5. The average molecular weight is 393 g/mol. The van der Waals surface area contributed by atoms with Gasteiger partial charge in [-0.25, -0.2) is 4.79 Å². The zero-order valence-electron chi connectivity index (χ0n) is 16.2. The average Bonchev–Trinajstić information content (AvgIpc) is 3.24. The number of nitrogens with zero attached hydrogens (tertiary/aromatic N) is 1. The Morgan fingerprint density at radius 3 is 2.86 bits per heavy atom. The topological polar surface area (TPSA) is 89.0 Å². The molecule has 0 spiro atoms. The zero-order valence-corrected chi connectivity index (χ0v) is 16.2. The molecule has 0 radical (unpaired) electrons. The smallest absolute Gasteiger partial charge is 0.330 e. The SMILES string of the molecule is CCOC(=O)/C=C/c1cccc(C(=O)COc2cccc(NC3=NCCN3)c2)c1. The van der Waals surface area contributed by atoms with E-state index in [1.54, 1.807) is 37.3 Å². The number of guanidine groups is 1. The van der Waals surface area contributed by atoms with Gasteiger partial charge in [0.15, 0.2) is 18.3 Å². The molecule has 2 N–H and O–H groups in total. The largest absolute Gasteiger partial charge is 0.485 e. The molecular formula is C22H23N3O4. The number of ketones is 1. The summed E-state index contributed by atoms with van der Waals surface area (Å²) in [5.74, 6) is 0.739. The Morgan fingerprint density at radius 2 is 2.07 bits per heavy atom. The molecule has 2 aromatic rings. The summed E-state index contributed by atoms with van der Waals surface area (Å²) in [6.07, 6.45) is 2.95. The van der Waals surface area contributed by atoms with Crippen molar-refractivity contribution in [3.63, 3.8) is 0 Å². The van der Waals surface area contributed by atoms with Crippen LogP contribution in [0.1, 0.15) is 22.8 Å². The van der Waals surface area contributed by atoms with Crippen LogP contribution in [0, 0.1) is 0 Å². The van der Waals surface area contributed by atoms with Crippen LogP contribution in [0.3, 0.4) is 0 Å². The van der Waals surface area contributed by atoms with E-state index in [-0.39, 0.29) is 12.4 Å². The molecule has 1 aliphatic rings. The second-order valence-electron chi connectivity index (χ2n) is 6.23. The highest BCUT2D eigenvalue weighted by atomic mass is 16.5. The Bertz CT molecular complexity index is 937. The number of ether oxygens (including phenoxy) is 2. The Balaban J connectivity index is 1.58. The van der Waals surface area contributed by atoms with Crippen LogP contribution in [-0.4, -0.2) is 44.0 Å². The molecule has 7 heteroatoms. The molecule has 0 bridgehead atoms. The highest BCUT2D eigenvalue weighted by Gasteiger charge is 2.09.